The van der Waals surface area contributed by atoms with E-state index in [0.717, 1.165) is 36.5 Å². The fraction of sp³-hybridized carbons (Fsp3) is 0.158. The van der Waals surface area contributed by atoms with Crippen molar-refractivity contribution in [3.8, 4) is 11.8 Å². The smallest absolute Gasteiger partial charge is 0.434 e. The van der Waals surface area contributed by atoms with Crippen molar-refractivity contribution in [3.05, 3.63) is 68.3 Å². The van der Waals surface area contributed by atoms with Crippen molar-refractivity contribution in [1.82, 2.24) is 15.0 Å². The first-order valence-corrected chi connectivity index (χ1v) is 9.98. The molecule has 1 aromatic heterocycles. The van der Waals surface area contributed by atoms with Crippen molar-refractivity contribution in [2.75, 3.05) is 10.7 Å². The number of phenols is 1. The van der Waals surface area contributed by atoms with Gasteiger partial charge in [0.05, 0.1) is 16.1 Å². The number of aromatic hydroxyl groups is 1. The molecule has 0 saturated carbocycles. The highest BCUT2D eigenvalue weighted by atomic mass is 19.4. The zero-order valence-electron chi connectivity index (χ0n) is 18.6. The third-order valence-electron chi connectivity index (χ3n) is 4.38. The first-order chi connectivity index (χ1) is 18.1. The van der Waals surface area contributed by atoms with Gasteiger partial charge in [0.1, 0.15) is 0 Å². The standard InChI is InChI=1S/C19H12F6N8O6/c20-18(21,22)14(19(23,24)25)39-17-29-15(27-10-4-6-11(7-5-10)32(35)36)28-16(30-17)31-26-8-9-2-1-3-12(13(9)34)33(37)38/h1-8,14,34H,(H2,27,28,29,30,31). The van der Waals surface area contributed by atoms with Crippen LogP contribution in [0.4, 0.5) is 55.3 Å². The number of hydrogen-bond acceptors (Lipinski definition) is 12. The molecule has 2 aromatic carbocycles. The van der Waals surface area contributed by atoms with Crippen LogP contribution in [0.2, 0.25) is 0 Å². The van der Waals surface area contributed by atoms with Crippen LogP contribution in [-0.4, -0.2) is 54.6 Å². The van der Waals surface area contributed by atoms with Crippen LogP contribution in [0.3, 0.4) is 0 Å². The van der Waals surface area contributed by atoms with Crippen LogP contribution >= 0.6 is 0 Å². The molecule has 206 valence electrons. The quantitative estimate of drug-likeness (QED) is 0.144. The van der Waals surface area contributed by atoms with E-state index in [1.54, 1.807) is 0 Å². The molecule has 3 N–H and O–H groups in total. The van der Waals surface area contributed by atoms with Crippen molar-refractivity contribution in [1.29, 1.82) is 0 Å². The van der Waals surface area contributed by atoms with E-state index in [9.17, 15) is 51.7 Å². The molecule has 0 aliphatic rings. The average Bonchev–Trinajstić information content (AvgIpc) is 2.82. The highest BCUT2D eigenvalue weighted by Gasteiger charge is 2.59. The minimum Gasteiger partial charge on any atom is -0.502 e. The van der Waals surface area contributed by atoms with Gasteiger partial charge in [0.25, 0.3) is 17.7 Å². The molecule has 0 aliphatic carbocycles. The molecule has 0 saturated heterocycles. The molecule has 3 rings (SSSR count). The number of nitrogens with zero attached hydrogens (tertiary/aromatic N) is 6. The molecule has 14 nitrogen and oxygen atoms in total. The van der Waals surface area contributed by atoms with E-state index < -0.39 is 57.6 Å². The molecule has 0 unspecified atom stereocenters. The summed E-state index contributed by atoms with van der Waals surface area (Å²) in [5.74, 6) is -2.20. The predicted molar refractivity (Wildman–Crippen MR) is 119 cm³/mol. The second-order valence-corrected chi connectivity index (χ2v) is 7.12. The number of halogens is 6. The summed E-state index contributed by atoms with van der Waals surface area (Å²) in [6.07, 6.45) is -15.3. The summed E-state index contributed by atoms with van der Waals surface area (Å²) in [7, 11) is 0. The SMILES string of the molecule is O=[N+]([O-])c1ccc(Nc2nc(NN=Cc3cccc([N+](=O)[O-])c3O)nc(OC(C(F)(F)F)C(F)(F)F)n2)cc1. The number of rotatable bonds is 9. The van der Waals surface area contributed by atoms with E-state index in [1.807, 2.05) is 0 Å². The maximum atomic E-state index is 13.0. The van der Waals surface area contributed by atoms with Gasteiger partial charge in [-0.25, -0.2) is 5.43 Å². The summed E-state index contributed by atoms with van der Waals surface area (Å²) in [4.78, 5) is 30.5. The Kier molecular flexibility index (Phi) is 7.96. The third-order valence-corrected chi connectivity index (χ3v) is 4.38. The van der Waals surface area contributed by atoms with Crippen molar-refractivity contribution in [3.63, 3.8) is 0 Å². The van der Waals surface area contributed by atoms with Gasteiger partial charge < -0.3 is 15.2 Å². The molecule has 0 aliphatic heterocycles. The maximum absolute atomic E-state index is 13.0. The summed E-state index contributed by atoms with van der Waals surface area (Å²) in [6.45, 7) is 0. The number of alkyl halides is 6. The van der Waals surface area contributed by atoms with Gasteiger partial charge >= 0.3 is 24.1 Å². The molecule has 0 spiro atoms. The largest absolute Gasteiger partial charge is 0.502 e. The first-order valence-electron chi connectivity index (χ1n) is 9.98. The Labute approximate surface area is 211 Å². The Balaban J connectivity index is 1.95. The van der Waals surface area contributed by atoms with Crippen molar-refractivity contribution < 1.29 is 46.0 Å². The van der Waals surface area contributed by atoms with E-state index >= 15 is 0 Å². The number of hydrogen-bond donors (Lipinski definition) is 3. The summed E-state index contributed by atoms with van der Waals surface area (Å²) in [6, 6.07) is 6.33. The lowest BCUT2D eigenvalue weighted by molar-refractivity contribution is -0.385. The molecule has 3 aromatic rings. The molecule has 0 amide bonds. The zero-order chi connectivity index (χ0) is 29.0. The van der Waals surface area contributed by atoms with Gasteiger partial charge in [-0.05, 0) is 18.2 Å². The van der Waals surface area contributed by atoms with Gasteiger partial charge in [0.2, 0.25) is 11.7 Å². The fourth-order valence-electron chi connectivity index (χ4n) is 2.70. The van der Waals surface area contributed by atoms with Crippen LogP contribution in [0, 0.1) is 20.2 Å². The maximum Gasteiger partial charge on any atom is 0.434 e. The number of aromatic nitrogens is 3. The Bertz CT molecular complexity index is 1390. The summed E-state index contributed by atoms with van der Waals surface area (Å²) in [5.41, 5.74) is 0.918. The van der Waals surface area contributed by atoms with E-state index in [-0.39, 0.29) is 16.9 Å². The summed E-state index contributed by atoms with van der Waals surface area (Å²) < 4.78 is 81.8. The molecule has 0 radical (unpaired) electrons. The van der Waals surface area contributed by atoms with Gasteiger partial charge in [-0.15, -0.1) is 0 Å². The number of nitro benzene ring substituents is 2. The summed E-state index contributed by atoms with van der Waals surface area (Å²) >= 11 is 0. The van der Waals surface area contributed by atoms with Crippen LogP contribution in [-0.2, 0) is 0 Å². The Morgan fingerprint density at radius 1 is 0.923 bits per heavy atom. The van der Waals surface area contributed by atoms with Crippen LogP contribution in [0.1, 0.15) is 5.56 Å². The zero-order valence-corrected chi connectivity index (χ0v) is 18.6. The molecule has 20 heteroatoms. The van der Waals surface area contributed by atoms with Gasteiger partial charge in [-0.3, -0.25) is 20.2 Å². The Hall–Kier alpha value is -5.30. The van der Waals surface area contributed by atoms with Crippen LogP contribution in [0.15, 0.2) is 47.6 Å². The number of hydrazone groups is 1. The average molecular weight is 562 g/mol. The molecule has 1 heterocycles. The van der Waals surface area contributed by atoms with E-state index in [0.29, 0.717) is 0 Å². The predicted octanol–water partition coefficient (Wildman–Crippen LogP) is 4.46. The highest BCUT2D eigenvalue weighted by molar-refractivity contribution is 5.85. The number of para-hydroxylation sites is 1. The van der Waals surface area contributed by atoms with Crippen LogP contribution in [0.25, 0.3) is 0 Å². The minimum absolute atomic E-state index is 0.0388. The van der Waals surface area contributed by atoms with Gasteiger partial charge in [0.15, 0.2) is 0 Å². The minimum atomic E-state index is -5.90. The normalized spacial score (nSPS) is 12.0. The summed E-state index contributed by atoms with van der Waals surface area (Å²) in [5, 5.41) is 37.6. The van der Waals surface area contributed by atoms with Gasteiger partial charge in [-0.2, -0.15) is 46.4 Å². The molecule has 0 bridgehead atoms. The fourth-order valence-corrected chi connectivity index (χ4v) is 2.70. The lowest BCUT2D eigenvalue weighted by Gasteiger charge is -2.22. The number of non-ortho nitro benzene ring substituents is 1. The number of phenolic OH excluding ortho intramolecular Hbond substituents is 1. The van der Waals surface area contributed by atoms with E-state index in [4.69, 9.17) is 0 Å². The third kappa shape index (κ3) is 7.36. The first kappa shape index (κ1) is 28.3. The molecule has 0 atom stereocenters. The second kappa shape index (κ2) is 11.0. The van der Waals surface area contributed by atoms with Crippen molar-refractivity contribution in [2.24, 2.45) is 5.10 Å². The van der Waals surface area contributed by atoms with Crippen molar-refractivity contribution >= 4 is 35.2 Å². The monoisotopic (exact) mass is 562 g/mol. The number of nitro groups is 2. The highest BCUT2D eigenvalue weighted by Crippen LogP contribution is 2.36. The topological polar surface area (TPSA) is 191 Å². The van der Waals surface area contributed by atoms with Gasteiger partial charge in [-0.1, -0.05) is 6.07 Å². The van der Waals surface area contributed by atoms with E-state index in [1.165, 1.54) is 12.1 Å². The molecular formula is C19H12F6N8O6. The number of benzene rings is 2. The lowest BCUT2D eigenvalue weighted by atomic mass is 10.2. The Morgan fingerprint density at radius 3 is 2.10 bits per heavy atom. The van der Waals surface area contributed by atoms with Crippen LogP contribution < -0.4 is 15.5 Å². The van der Waals surface area contributed by atoms with E-state index in [2.05, 4.69) is 35.5 Å². The number of ether oxygens (including phenoxy) is 1. The van der Waals surface area contributed by atoms with Gasteiger partial charge in [0, 0.05) is 29.4 Å². The molecule has 39 heavy (non-hydrogen) atoms. The number of anilines is 3. The Morgan fingerprint density at radius 2 is 1.54 bits per heavy atom. The molecular weight excluding hydrogens is 550 g/mol. The van der Waals surface area contributed by atoms with Crippen LogP contribution in [0.5, 0.6) is 11.8 Å². The lowest BCUT2D eigenvalue weighted by Crippen LogP contribution is -2.46. The number of nitrogens with one attached hydrogen (secondary N) is 2. The second-order valence-electron chi connectivity index (χ2n) is 7.12. The molecule has 0 fully saturated rings. The van der Waals surface area contributed by atoms with Crippen molar-refractivity contribution in [2.45, 2.75) is 18.5 Å².